The number of carbonyl (C=O) groups is 2. The van der Waals surface area contributed by atoms with Crippen molar-refractivity contribution in [2.24, 2.45) is 0 Å². The summed E-state index contributed by atoms with van der Waals surface area (Å²) in [6.07, 6.45) is -1.21. The molecule has 1 unspecified atom stereocenters. The molecule has 1 aliphatic rings. The van der Waals surface area contributed by atoms with Crippen molar-refractivity contribution in [2.75, 3.05) is 0 Å². The summed E-state index contributed by atoms with van der Waals surface area (Å²) < 4.78 is 18.0. The molecule has 1 atom stereocenters. The van der Waals surface area contributed by atoms with Gasteiger partial charge in [0, 0.05) is 6.42 Å². The van der Waals surface area contributed by atoms with Gasteiger partial charge in [-0.3, -0.25) is 0 Å². The first-order valence-electron chi connectivity index (χ1n) is 4.72. The second-order valence-corrected chi connectivity index (χ2v) is 3.63. The number of cyclic esters (lactones) is 1. The van der Waals surface area contributed by atoms with Crippen LogP contribution >= 0.6 is 0 Å². The van der Waals surface area contributed by atoms with Gasteiger partial charge in [0.25, 0.3) is 0 Å². The third-order valence-electron chi connectivity index (χ3n) is 2.67. The maximum Gasteiger partial charge on any atom is 0.345 e. The molecule has 0 bridgehead atoms. The van der Waals surface area contributed by atoms with Crippen LogP contribution in [0.25, 0.3) is 0 Å². The molecule has 1 aromatic carbocycles. The second kappa shape index (κ2) is 3.59. The molecule has 0 spiro atoms. The quantitative estimate of drug-likeness (QED) is 0.730. The van der Waals surface area contributed by atoms with Crippen LogP contribution in [0.5, 0.6) is 0 Å². The highest BCUT2D eigenvalue weighted by Crippen LogP contribution is 2.25. The number of ether oxygens (including phenoxy) is 1. The normalized spacial score (nSPS) is 18.9. The molecule has 1 aromatic rings. The van der Waals surface area contributed by atoms with Gasteiger partial charge in [-0.05, 0) is 30.2 Å². The summed E-state index contributed by atoms with van der Waals surface area (Å²) in [5, 5.41) is 8.77. The third kappa shape index (κ3) is 1.54. The number of esters is 1. The summed E-state index contributed by atoms with van der Waals surface area (Å²) in [5.41, 5.74) is 0.973. The monoisotopic (exact) mass is 224 g/mol. The Labute approximate surface area is 90.6 Å². The van der Waals surface area contributed by atoms with Gasteiger partial charge in [-0.15, -0.1) is 0 Å². The first-order chi connectivity index (χ1) is 7.50. The first kappa shape index (κ1) is 10.6. The summed E-state index contributed by atoms with van der Waals surface area (Å²) in [6, 6.07) is 2.49. The number of benzene rings is 1. The molecule has 0 fully saturated rings. The van der Waals surface area contributed by atoms with E-state index >= 15 is 0 Å². The average Bonchev–Trinajstić information content (AvgIpc) is 2.23. The van der Waals surface area contributed by atoms with E-state index in [-0.39, 0.29) is 12.0 Å². The summed E-state index contributed by atoms with van der Waals surface area (Å²) in [5.74, 6) is -2.38. The summed E-state index contributed by atoms with van der Waals surface area (Å²) in [7, 11) is 0. The lowest BCUT2D eigenvalue weighted by Gasteiger charge is -2.23. The molecule has 0 saturated carbocycles. The Kier molecular flexibility index (Phi) is 2.38. The van der Waals surface area contributed by atoms with Gasteiger partial charge in [-0.1, -0.05) is 0 Å². The molecule has 0 amide bonds. The number of carboxylic acids is 1. The number of carboxylic acid groups (broad SMARTS) is 1. The van der Waals surface area contributed by atoms with Crippen LogP contribution in [0.1, 0.15) is 21.5 Å². The number of hydrogen-bond donors (Lipinski definition) is 1. The van der Waals surface area contributed by atoms with E-state index in [2.05, 4.69) is 0 Å². The van der Waals surface area contributed by atoms with Crippen LogP contribution in [0.15, 0.2) is 12.1 Å². The topological polar surface area (TPSA) is 63.6 Å². The Morgan fingerprint density at radius 2 is 2.25 bits per heavy atom. The lowest BCUT2D eigenvalue weighted by atomic mass is 9.94. The minimum atomic E-state index is -1.22. The van der Waals surface area contributed by atoms with Crippen molar-refractivity contribution in [3.05, 3.63) is 34.6 Å². The van der Waals surface area contributed by atoms with Crippen LogP contribution in [-0.2, 0) is 16.0 Å². The molecular weight excluding hydrogens is 215 g/mol. The maximum absolute atomic E-state index is 13.3. The van der Waals surface area contributed by atoms with Gasteiger partial charge >= 0.3 is 11.9 Å². The molecule has 16 heavy (non-hydrogen) atoms. The molecular formula is C11H9FO4. The Morgan fingerprint density at radius 1 is 1.56 bits per heavy atom. The van der Waals surface area contributed by atoms with Crippen molar-refractivity contribution < 1.29 is 23.8 Å². The van der Waals surface area contributed by atoms with Gasteiger partial charge in [0.15, 0.2) is 0 Å². The summed E-state index contributed by atoms with van der Waals surface area (Å²) in [6.45, 7) is 1.52. The highest BCUT2D eigenvalue weighted by Gasteiger charge is 2.32. The van der Waals surface area contributed by atoms with Gasteiger partial charge in [0.05, 0.1) is 5.56 Å². The van der Waals surface area contributed by atoms with E-state index in [1.165, 1.54) is 19.1 Å². The Morgan fingerprint density at radius 3 is 2.88 bits per heavy atom. The number of carbonyl (C=O) groups excluding carboxylic acids is 1. The number of fused-ring (bicyclic) bond motifs is 1. The fraction of sp³-hybridized carbons (Fsp3) is 0.273. The molecule has 2 rings (SSSR count). The SMILES string of the molecule is Cc1c(F)ccc2c1CC(C(=O)O)OC2=O. The van der Waals surface area contributed by atoms with Crippen molar-refractivity contribution in [1.82, 2.24) is 0 Å². The highest BCUT2D eigenvalue weighted by atomic mass is 19.1. The Hall–Kier alpha value is -1.91. The van der Waals surface area contributed by atoms with Crippen LogP contribution in [0, 0.1) is 12.7 Å². The van der Waals surface area contributed by atoms with E-state index in [4.69, 9.17) is 9.84 Å². The van der Waals surface area contributed by atoms with Crippen LogP contribution in [0.2, 0.25) is 0 Å². The lowest BCUT2D eigenvalue weighted by Crippen LogP contribution is -2.34. The predicted molar refractivity (Wildman–Crippen MR) is 51.7 cm³/mol. The zero-order chi connectivity index (χ0) is 11.9. The molecule has 0 aliphatic carbocycles. The Balaban J connectivity index is 2.51. The van der Waals surface area contributed by atoms with Crippen molar-refractivity contribution in [2.45, 2.75) is 19.4 Å². The van der Waals surface area contributed by atoms with Crippen LogP contribution in [-0.4, -0.2) is 23.1 Å². The van der Waals surface area contributed by atoms with Crippen molar-refractivity contribution >= 4 is 11.9 Å². The predicted octanol–water partition coefficient (Wildman–Crippen LogP) is 1.30. The zero-order valence-corrected chi connectivity index (χ0v) is 8.49. The van der Waals surface area contributed by atoms with Gasteiger partial charge < -0.3 is 9.84 Å². The van der Waals surface area contributed by atoms with Crippen LogP contribution in [0.3, 0.4) is 0 Å². The fourth-order valence-electron chi connectivity index (χ4n) is 1.74. The first-order valence-corrected chi connectivity index (χ1v) is 4.72. The van der Waals surface area contributed by atoms with Crippen LogP contribution < -0.4 is 0 Å². The fourth-order valence-corrected chi connectivity index (χ4v) is 1.74. The molecule has 0 aromatic heterocycles. The molecule has 5 heteroatoms. The summed E-state index contributed by atoms with van der Waals surface area (Å²) >= 11 is 0. The number of hydrogen-bond acceptors (Lipinski definition) is 3. The number of halogens is 1. The van der Waals surface area contributed by atoms with E-state index in [9.17, 15) is 14.0 Å². The lowest BCUT2D eigenvalue weighted by molar-refractivity contribution is -0.147. The Bertz CT molecular complexity index is 481. The van der Waals surface area contributed by atoms with E-state index in [1.54, 1.807) is 0 Å². The largest absolute Gasteiger partial charge is 0.478 e. The smallest absolute Gasteiger partial charge is 0.345 e. The minimum absolute atomic E-state index is 0.0139. The molecule has 84 valence electrons. The number of rotatable bonds is 1. The van der Waals surface area contributed by atoms with E-state index in [0.717, 1.165) is 0 Å². The molecule has 1 heterocycles. The van der Waals surface area contributed by atoms with Crippen LogP contribution in [0.4, 0.5) is 4.39 Å². The second-order valence-electron chi connectivity index (χ2n) is 3.63. The van der Waals surface area contributed by atoms with Gasteiger partial charge in [-0.25, -0.2) is 14.0 Å². The average molecular weight is 224 g/mol. The van der Waals surface area contributed by atoms with Gasteiger partial charge in [-0.2, -0.15) is 0 Å². The van der Waals surface area contributed by atoms with Gasteiger partial charge in [0.2, 0.25) is 6.10 Å². The maximum atomic E-state index is 13.3. The van der Waals surface area contributed by atoms with E-state index in [1.807, 2.05) is 0 Å². The van der Waals surface area contributed by atoms with E-state index < -0.39 is 23.9 Å². The molecule has 1 aliphatic heterocycles. The van der Waals surface area contributed by atoms with Crippen molar-refractivity contribution in [3.8, 4) is 0 Å². The van der Waals surface area contributed by atoms with Crippen molar-refractivity contribution in [1.29, 1.82) is 0 Å². The highest BCUT2D eigenvalue weighted by molar-refractivity contribution is 5.95. The molecule has 1 N–H and O–H groups in total. The zero-order valence-electron chi connectivity index (χ0n) is 8.49. The minimum Gasteiger partial charge on any atom is -0.478 e. The summed E-state index contributed by atoms with van der Waals surface area (Å²) in [4.78, 5) is 22.2. The van der Waals surface area contributed by atoms with E-state index in [0.29, 0.717) is 11.1 Å². The molecule has 4 nitrogen and oxygen atoms in total. The van der Waals surface area contributed by atoms with Crippen molar-refractivity contribution in [3.63, 3.8) is 0 Å². The third-order valence-corrected chi connectivity index (χ3v) is 2.67. The standard InChI is InChI=1S/C11H9FO4/c1-5-7-4-9(10(13)14)16-11(15)6(7)2-3-8(5)12/h2-3,9H,4H2,1H3,(H,13,14). The number of aliphatic carboxylic acids is 1. The molecule has 0 radical (unpaired) electrons. The van der Waals surface area contributed by atoms with Gasteiger partial charge in [0.1, 0.15) is 5.82 Å². The molecule has 0 saturated heterocycles.